The minimum atomic E-state index is -1.20. The first-order valence-electron chi connectivity index (χ1n) is 12.0. The number of thioether (sulfide) groups is 1. The summed E-state index contributed by atoms with van der Waals surface area (Å²) in [6.07, 6.45) is 7.00. The normalized spacial score (nSPS) is 17.5. The highest BCUT2D eigenvalue weighted by molar-refractivity contribution is 7.98. The number of aliphatic imine (C=N–C) groups is 1. The summed E-state index contributed by atoms with van der Waals surface area (Å²) in [5.41, 5.74) is 17.4. The topological polar surface area (TPSA) is 235 Å². The highest BCUT2D eigenvalue weighted by Crippen LogP contribution is 2.19. The molecule has 1 aliphatic heterocycles. The van der Waals surface area contributed by atoms with Crippen LogP contribution in [0.1, 0.15) is 37.8 Å². The van der Waals surface area contributed by atoms with Crippen molar-refractivity contribution in [1.82, 2.24) is 25.5 Å². The van der Waals surface area contributed by atoms with Gasteiger partial charge in [0.15, 0.2) is 5.96 Å². The molecule has 2 rings (SSSR count). The fourth-order valence-corrected chi connectivity index (χ4v) is 4.51. The van der Waals surface area contributed by atoms with E-state index in [2.05, 4.69) is 25.6 Å². The van der Waals surface area contributed by atoms with Crippen molar-refractivity contribution in [3.8, 4) is 0 Å². The third kappa shape index (κ3) is 9.57. The molecule has 1 aromatic rings. The van der Waals surface area contributed by atoms with Crippen LogP contribution < -0.4 is 27.8 Å². The zero-order valence-corrected chi connectivity index (χ0v) is 21.7. The molecule has 14 nitrogen and oxygen atoms in total. The van der Waals surface area contributed by atoms with Crippen LogP contribution in [0.15, 0.2) is 17.5 Å². The maximum atomic E-state index is 13.2. The van der Waals surface area contributed by atoms with E-state index in [1.165, 1.54) is 23.0 Å². The van der Waals surface area contributed by atoms with Gasteiger partial charge in [-0.25, -0.2) is 9.78 Å². The molecule has 10 N–H and O–H groups in total. The second kappa shape index (κ2) is 15.0. The molecule has 2 heterocycles. The number of carbonyl (C=O) groups excluding carboxylic acids is 3. The molecule has 37 heavy (non-hydrogen) atoms. The predicted molar refractivity (Wildman–Crippen MR) is 139 cm³/mol. The van der Waals surface area contributed by atoms with Crippen LogP contribution in [-0.2, 0) is 25.6 Å². The number of carbonyl (C=O) groups is 4. The van der Waals surface area contributed by atoms with Gasteiger partial charge < -0.3 is 42.8 Å². The summed E-state index contributed by atoms with van der Waals surface area (Å²) >= 11 is 1.49. The van der Waals surface area contributed by atoms with Crippen molar-refractivity contribution in [2.24, 2.45) is 22.2 Å². The Morgan fingerprint density at radius 1 is 1.27 bits per heavy atom. The quantitative estimate of drug-likeness (QED) is 0.0744. The van der Waals surface area contributed by atoms with Gasteiger partial charge in [-0.3, -0.25) is 19.4 Å². The van der Waals surface area contributed by atoms with Gasteiger partial charge in [0.05, 0.1) is 12.4 Å². The van der Waals surface area contributed by atoms with Crippen molar-refractivity contribution < 1.29 is 24.3 Å². The first-order chi connectivity index (χ1) is 17.6. The Bertz CT molecular complexity index is 939. The third-order valence-corrected chi connectivity index (χ3v) is 6.60. The van der Waals surface area contributed by atoms with Gasteiger partial charge in [0, 0.05) is 31.4 Å². The van der Waals surface area contributed by atoms with Gasteiger partial charge in [-0.15, -0.1) is 0 Å². The van der Waals surface area contributed by atoms with Crippen LogP contribution >= 0.6 is 11.8 Å². The van der Waals surface area contributed by atoms with E-state index >= 15 is 0 Å². The van der Waals surface area contributed by atoms with E-state index in [4.69, 9.17) is 17.2 Å². The molecule has 1 fully saturated rings. The van der Waals surface area contributed by atoms with E-state index in [1.807, 2.05) is 6.26 Å². The predicted octanol–water partition coefficient (Wildman–Crippen LogP) is -1.87. The molecular weight excluding hydrogens is 502 g/mol. The van der Waals surface area contributed by atoms with Crippen molar-refractivity contribution in [1.29, 1.82) is 0 Å². The van der Waals surface area contributed by atoms with Crippen LogP contribution in [0.5, 0.6) is 0 Å². The maximum Gasteiger partial charge on any atom is 0.326 e. The molecule has 0 aliphatic carbocycles. The number of carboxylic acid groups (broad SMARTS) is 1. The number of guanidine groups is 1. The minimum absolute atomic E-state index is 0.0996. The molecule has 4 unspecified atom stereocenters. The standard InChI is InChI=1S/C22H37N9O5S/c1-37-9-6-15(18(32)30-16(21(35)36)4-2-7-27-22(24)25)29-19(33)17-5-3-8-31(17)20(34)14(23)10-13-11-26-12-28-13/h11-12,14-17H,2-10,23H2,1H3,(H,26,28)(H,29,33)(H,30,32)(H,35,36)(H4,24,25,27). The third-order valence-electron chi connectivity index (χ3n) is 5.95. The van der Waals surface area contributed by atoms with Gasteiger partial charge >= 0.3 is 5.97 Å². The second-order valence-corrected chi connectivity index (χ2v) is 9.75. The number of amides is 3. The number of aromatic nitrogens is 2. The maximum absolute atomic E-state index is 13.2. The van der Waals surface area contributed by atoms with Crippen LogP contribution in [0.3, 0.4) is 0 Å². The van der Waals surface area contributed by atoms with E-state index in [1.54, 1.807) is 6.20 Å². The van der Waals surface area contributed by atoms with Gasteiger partial charge in [0.1, 0.15) is 18.1 Å². The molecule has 0 aromatic carbocycles. The highest BCUT2D eigenvalue weighted by atomic mass is 32.2. The fraction of sp³-hybridized carbons (Fsp3) is 0.636. The number of aliphatic carboxylic acids is 1. The van der Waals surface area contributed by atoms with E-state index in [0.717, 1.165) is 0 Å². The lowest BCUT2D eigenvalue weighted by molar-refractivity contribution is -0.143. The monoisotopic (exact) mass is 539 g/mol. The van der Waals surface area contributed by atoms with Crippen LogP contribution in [0.25, 0.3) is 0 Å². The van der Waals surface area contributed by atoms with Crippen LogP contribution in [0.4, 0.5) is 0 Å². The zero-order valence-electron chi connectivity index (χ0n) is 20.9. The summed E-state index contributed by atoms with van der Waals surface area (Å²) in [6, 6.07) is -3.74. The minimum Gasteiger partial charge on any atom is -0.480 e. The number of rotatable bonds is 15. The average molecular weight is 540 g/mol. The molecule has 0 spiro atoms. The SMILES string of the molecule is CSCCC(NC(=O)C1CCCN1C(=O)C(N)Cc1cnc[nH]1)C(=O)NC(CCCN=C(N)N)C(=O)O. The van der Waals surface area contributed by atoms with Crippen molar-refractivity contribution in [3.63, 3.8) is 0 Å². The number of hydrogen-bond donors (Lipinski definition) is 7. The Morgan fingerprint density at radius 3 is 2.65 bits per heavy atom. The lowest BCUT2D eigenvalue weighted by atomic mass is 10.1. The zero-order chi connectivity index (χ0) is 27.4. The van der Waals surface area contributed by atoms with Gasteiger partial charge in [0.2, 0.25) is 17.7 Å². The van der Waals surface area contributed by atoms with Gasteiger partial charge in [-0.2, -0.15) is 11.8 Å². The number of hydrogen-bond acceptors (Lipinski definition) is 8. The van der Waals surface area contributed by atoms with Gasteiger partial charge in [-0.05, 0) is 44.1 Å². The van der Waals surface area contributed by atoms with Crippen molar-refractivity contribution in [3.05, 3.63) is 18.2 Å². The van der Waals surface area contributed by atoms with Crippen molar-refractivity contribution in [2.45, 2.75) is 62.7 Å². The van der Waals surface area contributed by atoms with Crippen LogP contribution in [-0.4, -0.2) is 98.9 Å². The molecule has 1 saturated heterocycles. The first-order valence-corrected chi connectivity index (χ1v) is 13.4. The molecule has 3 amide bonds. The van der Waals surface area contributed by atoms with E-state index in [9.17, 15) is 24.3 Å². The molecule has 15 heteroatoms. The highest BCUT2D eigenvalue weighted by Gasteiger charge is 2.38. The molecular formula is C22H37N9O5S. The number of likely N-dealkylation sites (tertiary alicyclic amines) is 1. The Labute approximate surface area is 219 Å². The van der Waals surface area contributed by atoms with Crippen molar-refractivity contribution in [2.75, 3.05) is 25.1 Å². The summed E-state index contributed by atoms with van der Waals surface area (Å²) < 4.78 is 0. The number of aromatic amines is 1. The van der Waals surface area contributed by atoms with E-state index < -0.39 is 42.0 Å². The Kier molecular flexibility index (Phi) is 12.2. The molecule has 206 valence electrons. The summed E-state index contributed by atoms with van der Waals surface area (Å²) in [5.74, 6) is -2.18. The molecule has 1 aromatic heterocycles. The lowest BCUT2D eigenvalue weighted by Gasteiger charge is -2.28. The van der Waals surface area contributed by atoms with E-state index in [-0.39, 0.29) is 31.3 Å². The van der Waals surface area contributed by atoms with Gasteiger partial charge in [-0.1, -0.05) is 0 Å². The largest absolute Gasteiger partial charge is 0.480 e. The smallest absolute Gasteiger partial charge is 0.326 e. The van der Waals surface area contributed by atoms with Crippen LogP contribution in [0.2, 0.25) is 0 Å². The number of nitrogens with zero attached hydrogens (tertiary/aromatic N) is 3. The second-order valence-electron chi connectivity index (χ2n) is 8.77. The Balaban J connectivity index is 2.02. The van der Waals surface area contributed by atoms with E-state index in [0.29, 0.717) is 43.7 Å². The number of carboxylic acids is 1. The molecule has 4 atom stereocenters. The Hall–Kier alpha value is -3.33. The number of H-pyrrole nitrogens is 1. The first kappa shape index (κ1) is 29.9. The Morgan fingerprint density at radius 2 is 2.03 bits per heavy atom. The number of imidazole rings is 1. The fourth-order valence-electron chi connectivity index (χ4n) is 4.04. The van der Waals surface area contributed by atoms with Crippen LogP contribution in [0, 0.1) is 0 Å². The molecule has 0 bridgehead atoms. The molecule has 0 saturated carbocycles. The summed E-state index contributed by atoms with van der Waals surface area (Å²) in [5, 5.41) is 14.8. The van der Waals surface area contributed by atoms with Crippen molar-refractivity contribution >= 4 is 41.4 Å². The summed E-state index contributed by atoms with van der Waals surface area (Å²) in [7, 11) is 0. The van der Waals surface area contributed by atoms with Gasteiger partial charge in [0.25, 0.3) is 0 Å². The molecule has 0 radical (unpaired) electrons. The lowest BCUT2D eigenvalue weighted by Crippen LogP contribution is -2.57. The molecule has 1 aliphatic rings. The summed E-state index contributed by atoms with van der Waals surface area (Å²) in [4.78, 5) is 62.9. The number of nitrogens with two attached hydrogens (primary N) is 3. The summed E-state index contributed by atoms with van der Waals surface area (Å²) in [6.45, 7) is 0.606. The average Bonchev–Trinajstić information content (AvgIpc) is 3.54. The number of nitrogens with one attached hydrogen (secondary N) is 3.